The molecule has 190 valence electrons. The Hall–Kier alpha value is -4.37. The number of azide groups is 1. The monoisotopic (exact) mass is 500 g/mol. The maximum Gasteiger partial charge on any atom is 0.266 e. The molecule has 10 nitrogen and oxygen atoms in total. The van der Waals surface area contributed by atoms with Gasteiger partial charge < -0.3 is 14.6 Å². The number of hydrogen-bond donors (Lipinski definition) is 3. The fourth-order valence-electron chi connectivity index (χ4n) is 4.23. The Morgan fingerprint density at radius 2 is 1.86 bits per heavy atom. The largest absolute Gasteiger partial charge is 0.494 e. The first-order chi connectivity index (χ1) is 18.1. The molecule has 0 aliphatic carbocycles. The molecule has 1 aliphatic heterocycles. The van der Waals surface area contributed by atoms with Crippen LogP contribution in [-0.2, 0) is 16.0 Å². The Bertz CT molecular complexity index is 1290. The molecule has 0 aromatic heterocycles. The molecule has 3 aromatic rings. The van der Waals surface area contributed by atoms with Crippen LogP contribution < -0.4 is 15.6 Å². The highest BCUT2D eigenvalue weighted by molar-refractivity contribution is 6.01. The van der Waals surface area contributed by atoms with Crippen molar-refractivity contribution >= 4 is 17.5 Å². The van der Waals surface area contributed by atoms with E-state index in [1.54, 1.807) is 31.3 Å². The van der Waals surface area contributed by atoms with Gasteiger partial charge in [0.15, 0.2) is 11.6 Å². The van der Waals surface area contributed by atoms with Crippen molar-refractivity contribution in [2.45, 2.75) is 24.5 Å². The Labute approximate surface area is 214 Å². The highest BCUT2D eigenvalue weighted by Crippen LogP contribution is 2.43. The number of nitrogens with one attached hydrogen (secondary N) is 2. The molecule has 0 bridgehead atoms. The number of benzene rings is 3. The lowest BCUT2D eigenvalue weighted by molar-refractivity contribution is -0.129. The molecule has 1 heterocycles. The Morgan fingerprint density at radius 3 is 2.57 bits per heavy atom. The second-order valence-electron chi connectivity index (χ2n) is 8.40. The lowest BCUT2D eigenvalue weighted by Crippen LogP contribution is -2.53. The third kappa shape index (κ3) is 5.73. The topological polar surface area (TPSA) is 141 Å². The molecule has 4 rings (SSSR count). The van der Waals surface area contributed by atoms with E-state index < -0.39 is 17.6 Å². The minimum atomic E-state index is -1.41. The van der Waals surface area contributed by atoms with Crippen molar-refractivity contribution in [3.8, 4) is 5.75 Å². The van der Waals surface area contributed by atoms with E-state index in [1.807, 2.05) is 54.6 Å². The molecule has 1 aliphatic rings. The molecule has 10 heteroatoms. The Morgan fingerprint density at radius 1 is 1.14 bits per heavy atom. The summed E-state index contributed by atoms with van der Waals surface area (Å²) < 4.78 is 12.0. The van der Waals surface area contributed by atoms with Gasteiger partial charge in [0.2, 0.25) is 5.90 Å². The first kappa shape index (κ1) is 25.7. The van der Waals surface area contributed by atoms with Crippen molar-refractivity contribution in [3.63, 3.8) is 0 Å². The highest BCUT2D eigenvalue weighted by atomic mass is 16.5. The Balaban J connectivity index is 1.79. The van der Waals surface area contributed by atoms with Crippen LogP contribution in [0.15, 0.2) is 89.0 Å². The summed E-state index contributed by atoms with van der Waals surface area (Å²) in [4.78, 5) is 21.5. The van der Waals surface area contributed by atoms with Gasteiger partial charge >= 0.3 is 0 Å². The molecule has 0 spiro atoms. The number of nitrogens with zero attached hydrogens (tertiary/aromatic N) is 4. The average Bonchev–Trinajstić information content (AvgIpc) is 3.32. The van der Waals surface area contributed by atoms with E-state index >= 15 is 0 Å². The van der Waals surface area contributed by atoms with E-state index in [0.717, 1.165) is 5.56 Å². The highest BCUT2D eigenvalue weighted by Gasteiger charge is 2.53. The minimum absolute atomic E-state index is 0.0587. The number of carbonyl (C=O) groups excluding carboxylic acids is 1. The first-order valence-electron chi connectivity index (χ1n) is 11.9. The SMILES string of the molecule is CNNC(=O)[C@@]1(Cc2ccccc2N=[N+]=[N-])N=C(c2ccc(OCCCO)cc2)O[C@H]1c1ccccc1. The summed E-state index contributed by atoms with van der Waals surface area (Å²) in [6, 6.07) is 23.7. The zero-order valence-corrected chi connectivity index (χ0v) is 20.4. The molecule has 0 fully saturated rings. The van der Waals surface area contributed by atoms with Crippen LogP contribution in [0.25, 0.3) is 10.4 Å². The van der Waals surface area contributed by atoms with Crippen LogP contribution in [0.2, 0.25) is 0 Å². The van der Waals surface area contributed by atoms with Crippen molar-refractivity contribution in [2.24, 2.45) is 10.1 Å². The van der Waals surface area contributed by atoms with Gasteiger partial charge in [-0.1, -0.05) is 59.7 Å². The van der Waals surface area contributed by atoms with Gasteiger partial charge in [0, 0.05) is 42.7 Å². The maximum absolute atomic E-state index is 13.7. The predicted octanol–water partition coefficient (Wildman–Crippen LogP) is 4.14. The smallest absolute Gasteiger partial charge is 0.266 e. The zero-order chi connectivity index (χ0) is 26.1. The molecule has 0 radical (unpaired) electrons. The normalized spacial score (nSPS) is 18.3. The van der Waals surface area contributed by atoms with Gasteiger partial charge in [-0.05, 0) is 40.9 Å². The number of aliphatic imine (C=N–C) groups is 1. The van der Waals surface area contributed by atoms with Gasteiger partial charge in [0.05, 0.1) is 6.61 Å². The number of hydrazine groups is 1. The van der Waals surface area contributed by atoms with Crippen LogP contribution in [0, 0.1) is 0 Å². The third-order valence-electron chi connectivity index (χ3n) is 5.97. The summed E-state index contributed by atoms with van der Waals surface area (Å²) in [5.74, 6) is 0.569. The standard InChI is InChI=1S/C27H28N6O4/c1-29-32-26(35)27(18-21-10-5-6-11-23(21)31-33-28)24(19-8-3-2-4-9-19)37-25(30-27)20-12-14-22(15-13-20)36-17-7-16-34/h2-6,8-15,24,29,34H,7,16-18H2,1H3,(H,32,35)/t24-,27-/m0/s1. The molecule has 0 saturated heterocycles. The van der Waals surface area contributed by atoms with Crippen molar-refractivity contribution in [3.05, 3.63) is 106 Å². The summed E-state index contributed by atoms with van der Waals surface area (Å²) in [5, 5.41) is 12.8. The van der Waals surface area contributed by atoms with Gasteiger partial charge in [-0.2, -0.15) is 0 Å². The van der Waals surface area contributed by atoms with Crippen molar-refractivity contribution in [2.75, 3.05) is 20.3 Å². The average molecular weight is 501 g/mol. The van der Waals surface area contributed by atoms with E-state index in [-0.39, 0.29) is 13.0 Å². The molecule has 1 amide bonds. The third-order valence-corrected chi connectivity index (χ3v) is 5.97. The van der Waals surface area contributed by atoms with Crippen molar-refractivity contribution < 1.29 is 19.4 Å². The van der Waals surface area contributed by atoms with E-state index in [0.29, 0.717) is 41.5 Å². The van der Waals surface area contributed by atoms with Crippen LogP contribution in [0.3, 0.4) is 0 Å². The lowest BCUT2D eigenvalue weighted by Gasteiger charge is -2.31. The number of hydrogen-bond acceptors (Lipinski definition) is 7. The van der Waals surface area contributed by atoms with Gasteiger partial charge in [-0.3, -0.25) is 10.2 Å². The summed E-state index contributed by atoms with van der Waals surface area (Å²) in [6.45, 7) is 0.463. The quantitative estimate of drug-likeness (QED) is 0.119. The fourth-order valence-corrected chi connectivity index (χ4v) is 4.23. The predicted molar refractivity (Wildman–Crippen MR) is 139 cm³/mol. The van der Waals surface area contributed by atoms with Gasteiger partial charge in [0.1, 0.15) is 5.75 Å². The molecule has 0 saturated carbocycles. The van der Waals surface area contributed by atoms with E-state index in [4.69, 9.17) is 25.1 Å². The molecule has 2 atom stereocenters. The van der Waals surface area contributed by atoms with Gasteiger partial charge in [-0.25, -0.2) is 10.4 Å². The molecule has 0 unspecified atom stereocenters. The number of carbonyl (C=O) groups is 1. The summed E-state index contributed by atoms with van der Waals surface area (Å²) in [7, 11) is 1.60. The number of amides is 1. The number of rotatable bonds is 11. The Kier molecular flexibility index (Phi) is 8.37. The molecular weight excluding hydrogens is 472 g/mol. The molecule has 37 heavy (non-hydrogen) atoms. The van der Waals surface area contributed by atoms with Crippen molar-refractivity contribution in [1.82, 2.24) is 10.9 Å². The number of aliphatic hydroxyl groups is 1. The van der Waals surface area contributed by atoms with Crippen LogP contribution in [0.4, 0.5) is 5.69 Å². The maximum atomic E-state index is 13.7. The molecule has 3 aromatic carbocycles. The summed E-state index contributed by atoms with van der Waals surface area (Å²) >= 11 is 0. The second-order valence-corrected chi connectivity index (χ2v) is 8.40. The molecular formula is C27H28N6O4. The second kappa shape index (κ2) is 12.0. The number of aliphatic hydroxyl groups excluding tert-OH is 1. The van der Waals surface area contributed by atoms with Crippen LogP contribution in [0.1, 0.15) is 29.2 Å². The van der Waals surface area contributed by atoms with Gasteiger partial charge in [-0.15, -0.1) is 0 Å². The van der Waals surface area contributed by atoms with Crippen LogP contribution in [-0.4, -0.2) is 42.7 Å². The van der Waals surface area contributed by atoms with Gasteiger partial charge in [0.25, 0.3) is 5.91 Å². The van der Waals surface area contributed by atoms with E-state index in [1.165, 1.54) is 0 Å². The molecule has 3 N–H and O–H groups in total. The van der Waals surface area contributed by atoms with Crippen LogP contribution >= 0.6 is 0 Å². The van der Waals surface area contributed by atoms with E-state index in [9.17, 15) is 4.79 Å². The zero-order valence-electron chi connectivity index (χ0n) is 20.4. The summed E-state index contributed by atoms with van der Waals surface area (Å²) in [5.41, 5.74) is 15.6. The summed E-state index contributed by atoms with van der Waals surface area (Å²) in [6.07, 6.45) is -0.0886. The van der Waals surface area contributed by atoms with E-state index in [2.05, 4.69) is 20.9 Å². The first-order valence-corrected chi connectivity index (χ1v) is 11.9. The number of ether oxygens (including phenoxy) is 2. The van der Waals surface area contributed by atoms with Crippen molar-refractivity contribution in [1.29, 1.82) is 0 Å². The fraction of sp³-hybridized carbons (Fsp3) is 0.259. The lowest BCUT2D eigenvalue weighted by atomic mass is 9.81. The van der Waals surface area contributed by atoms with Crippen LogP contribution in [0.5, 0.6) is 5.75 Å². The minimum Gasteiger partial charge on any atom is -0.494 e.